The van der Waals surface area contributed by atoms with E-state index in [0.29, 0.717) is 0 Å². The van der Waals surface area contributed by atoms with Gasteiger partial charge in [0.1, 0.15) is 5.60 Å². The highest BCUT2D eigenvalue weighted by Gasteiger charge is 2.47. The number of hydrogen-bond donors (Lipinski definition) is 0. The minimum absolute atomic E-state index is 0.125. The number of carbonyl (C=O) groups excluding carboxylic acids is 1. The van der Waals surface area contributed by atoms with E-state index in [4.69, 9.17) is 9.47 Å². The summed E-state index contributed by atoms with van der Waals surface area (Å²) in [5.41, 5.74) is -0.232. The Kier molecular flexibility index (Phi) is 6.29. The van der Waals surface area contributed by atoms with Crippen molar-refractivity contribution in [2.45, 2.75) is 30.9 Å². The largest absolute Gasteiger partial charge is 0.441 e. The topological polar surface area (TPSA) is 45.2 Å². The molecule has 0 aromatic heterocycles. The molecule has 0 saturated carbocycles. The maximum absolute atomic E-state index is 12.3. The average molecular weight is 358 g/mol. The van der Waals surface area contributed by atoms with Gasteiger partial charge in [-0.1, -0.05) is 0 Å². The minimum atomic E-state index is -0.232. The maximum atomic E-state index is 12.3. The zero-order valence-electron chi connectivity index (χ0n) is 15.0. The van der Waals surface area contributed by atoms with Gasteiger partial charge in [-0.3, -0.25) is 4.90 Å². The lowest BCUT2D eigenvalue weighted by molar-refractivity contribution is -0.00743. The number of amides is 1. The van der Waals surface area contributed by atoms with Gasteiger partial charge in [0.25, 0.3) is 0 Å². The van der Waals surface area contributed by atoms with Crippen molar-refractivity contribution < 1.29 is 14.3 Å². The van der Waals surface area contributed by atoms with E-state index in [-0.39, 0.29) is 11.7 Å². The molecule has 0 bridgehead atoms. The van der Waals surface area contributed by atoms with Gasteiger partial charge < -0.3 is 19.3 Å². The molecule has 3 saturated heterocycles. The minimum Gasteiger partial charge on any atom is -0.441 e. The summed E-state index contributed by atoms with van der Waals surface area (Å²) in [4.78, 5) is 19.0. The third-order valence-electron chi connectivity index (χ3n) is 5.60. The van der Waals surface area contributed by atoms with Gasteiger partial charge in [-0.05, 0) is 19.2 Å². The standard InChI is InChI=1S/C17H31N3O3S/c1-18(10-11-22-2)8-9-20-14-17(23-16(20)21)4-6-19(7-5-17)15-3-12-24-13-15/h15H,3-14H2,1-2H3/t15-/m0/s1. The van der Waals surface area contributed by atoms with Crippen molar-refractivity contribution >= 4 is 17.9 Å². The molecule has 0 radical (unpaired) electrons. The first-order valence-electron chi connectivity index (χ1n) is 9.09. The fourth-order valence-electron chi connectivity index (χ4n) is 3.88. The van der Waals surface area contributed by atoms with Crippen LogP contribution in [0.1, 0.15) is 19.3 Å². The Morgan fingerprint density at radius 1 is 1.38 bits per heavy atom. The van der Waals surface area contributed by atoms with E-state index in [2.05, 4.69) is 28.6 Å². The van der Waals surface area contributed by atoms with Gasteiger partial charge in [0.15, 0.2) is 0 Å². The highest BCUT2D eigenvalue weighted by atomic mass is 32.2. The van der Waals surface area contributed by atoms with Crippen molar-refractivity contribution in [3.05, 3.63) is 0 Å². The predicted octanol–water partition coefficient (Wildman–Crippen LogP) is 1.36. The molecular weight excluding hydrogens is 326 g/mol. The third-order valence-corrected chi connectivity index (χ3v) is 6.75. The average Bonchev–Trinajstić information content (AvgIpc) is 3.21. The second-order valence-corrected chi connectivity index (χ2v) is 8.47. The van der Waals surface area contributed by atoms with Crippen LogP contribution >= 0.6 is 11.8 Å². The van der Waals surface area contributed by atoms with Crippen LogP contribution in [-0.4, -0.2) is 104 Å². The lowest BCUT2D eigenvalue weighted by atomic mass is 9.90. The summed E-state index contributed by atoms with van der Waals surface area (Å²) in [6.45, 7) is 6.11. The van der Waals surface area contributed by atoms with Crippen LogP contribution in [0.4, 0.5) is 4.79 Å². The zero-order chi connectivity index (χ0) is 17.0. The van der Waals surface area contributed by atoms with E-state index in [0.717, 1.165) is 64.8 Å². The number of nitrogens with zero attached hydrogens (tertiary/aromatic N) is 3. The molecular formula is C17H31N3O3S. The first-order chi connectivity index (χ1) is 11.6. The lowest BCUT2D eigenvalue weighted by Crippen LogP contribution is -2.50. The fraction of sp³-hybridized carbons (Fsp3) is 0.941. The van der Waals surface area contributed by atoms with E-state index >= 15 is 0 Å². The van der Waals surface area contributed by atoms with Crippen LogP contribution in [0.15, 0.2) is 0 Å². The Balaban J connectivity index is 1.44. The molecule has 3 aliphatic heterocycles. The van der Waals surface area contributed by atoms with Crippen LogP contribution in [0.2, 0.25) is 0 Å². The monoisotopic (exact) mass is 357 g/mol. The van der Waals surface area contributed by atoms with Crippen molar-refractivity contribution in [3.63, 3.8) is 0 Å². The van der Waals surface area contributed by atoms with Gasteiger partial charge in [-0.2, -0.15) is 11.8 Å². The Morgan fingerprint density at radius 3 is 2.83 bits per heavy atom. The Labute approximate surface area is 149 Å². The smallest absolute Gasteiger partial charge is 0.410 e. The molecule has 3 rings (SSSR count). The van der Waals surface area contributed by atoms with Crippen molar-refractivity contribution in [1.29, 1.82) is 0 Å². The summed E-state index contributed by atoms with van der Waals surface area (Å²) >= 11 is 2.07. The SMILES string of the molecule is COCCN(C)CCN1CC2(CCN([C@H]3CCSC3)CC2)OC1=O. The van der Waals surface area contributed by atoms with Crippen LogP contribution in [-0.2, 0) is 9.47 Å². The molecule has 0 aliphatic carbocycles. The lowest BCUT2D eigenvalue weighted by Gasteiger charge is -2.40. The molecule has 138 valence electrons. The highest BCUT2D eigenvalue weighted by Crippen LogP contribution is 2.35. The van der Waals surface area contributed by atoms with Gasteiger partial charge in [0.05, 0.1) is 13.2 Å². The van der Waals surface area contributed by atoms with Crippen molar-refractivity contribution in [2.24, 2.45) is 0 Å². The quantitative estimate of drug-likeness (QED) is 0.686. The summed E-state index contributed by atoms with van der Waals surface area (Å²) in [6, 6.07) is 0.745. The molecule has 0 aromatic rings. The Bertz CT molecular complexity index is 423. The number of piperidine rings is 1. The molecule has 1 amide bonds. The molecule has 6 nitrogen and oxygen atoms in total. The van der Waals surface area contributed by atoms with E-state index in [9.17, 15) is 4.79 Å². The molecule has 0 unspecified atom stereocenters. The van der Waals surface area contributed by atoms with Crippen LogP contribution in [0.5, 0.6) is 0 Å². The van der Waals surface area contributed by atoms with Crippen molar-refractivity contribution in [2.75, 3.05) is 71.5 Å². The predicted molar refractivity (Wildman–Crippen MR) is 96.7 cm³/mol. The van der Waals surface area contributed by atoms with Gasteiger partial charge in [-0.15, -0.1) is 0 Å². The van der Waals surface area contributed by atoms with E-state index in [1.807, 2.05) is 4.90 Å². The molecule has 7 heteroatoms. The molecule has 24 heavy (non-hydrogen) atoms. The van der Waals surface area contributed by atoms with Crippen LogP contribution in [0, 0.1) is 0 Å². The van der Waals surface area contributed by atoms with E-state index in [1.165, 1.54) is 17.9 Å². The molecule has 1 spiro atoms. The fourth-order valence-corrected chi connectivity index (χ4v) is 5.14. The normalized spacial score (nSPS) is 27.4. The van der Waals surface area contributed by atoms with Crippen LogP contribution < -0.4 is 0 Å². The second kappa shape index (κ2) is 8.25. The van der Waals surface area contributed by atoms with Crippen molar-refractivity contribution in [3.8, 4) is 0 Å². The van der Waals surface area contributed by atoms with Gasteiger partial charge in [0.2, 0.25) is 0 Å². The van der Waals surface area contributed by atoms with Crippen LogP contribution in [0.25, 0.3) is 0 Å². The number of hydrogen-bond acceptors (Lipinski definition) is 6. The number of methoxy groups -OCH3 is 1. The molecule has 0 N–H and O–H groups in total. The van der Waals surface area contributed by atoms with Gasteiger partial charge in [-0.25, -0.2) is 4.79 Å². The molecule has 1 atom stereocenters. The van der Waals surface area contributed by atoms with Gasteiger partial charge >= 0.3 is 6.09 Å². The second-order valence-electron chi connectivity index (χ2n) is 7.32. The third kappa shape index (κ3) is 4.36. The van der Waals surface area contributed by atoms with E-state index < -0.39 is 0 Å². The Morgan fingerprint density at radius 2 is 2.17 bits per heavy atom. The van der Waals surface area contributed by atoms with E-state index in [1.54, 1.807) is 7.11 Å². The molecule has 3 fully saturated rings. The van der Waals surface area contributed by atoms with Crippen molar-refractivity contribution in [1.82, 2.24) is 14.7 Å². The summed E-state index contributed by atoms with van der Waals surface area (Å²) < 4.78 is 10.9. The number of ether oxygens (including phenoxy) is 2. The summed E-state index contributed by atoms with van der Waals surface area (Å²) in [6.07, 6.45) is 3.16. The summed E-state index contributed by atoms with van der Waals surface area (Å²) in [5, 5.41) is 0. The number of likely N-dealkylation sites (N-methyl/N-ethyl adjacent to an activating group) is 1. The van der Waals surface area contributed by atoms with Gasteiger partial charge in [0, 0.05) is 64.5 Å². The molecule has 3 aliphatic rings. The number of thioether (sulfide) groups is 1. The summed E-state index contributed by atoms with van der Waals surface area (Å²) in [7, 11) is 3.78. The molecule has 3 heterocycles. The Hall–Kier alpha value is -0.500. The zero-order valence-corrected chi connectivity index (χ0v) is 15.9. The highest BCUT2D eigenvalue weighted by molar-refractivity contribution is 7.99. The number of carbonyl (C=O) groups is 1. The first-order valence-corrected chi connectivity index (χ1v) is 10.2. The maximum Gasteiger partial charge on any atom is 0.410 e. The summed E-state index contributed by atoms with van der Waals surface area (Å²) in [5.74, 6) is 2.57. The number of likely N-dealkylation sites (tertiary alicyclic amines) is 1. The first kappa shape index (κ1) is 18.3. The van der Waals surface area contributed by atoms with Crippen LogP contribution in [0.3, 0.4) is 0 Å². The number of rotatable bonds is 7. The molecule has 0 aromatic carbocycles.